The Labute approximate surface area is 113 Å². The minimum absolute atomic E-state index is 0.138. The first-order chi connectivity index (χ1) is 9.19. The maximum atomic E-state index is 13.7. The van der Waals surface area contributed by atoms with Gasteiger partial charge in [0.1, 0.15) is 0 Å². The Morgan fingerprint density at radius 2 is 2.05 bits per heavy atom. The van der Waals surface area contributed by atoms with Crippen molar-refractivity contribution in [1.82, 2.24) is 5.32 Å². The predicted molar refractivity (Wildman–Crippen MR) is 72.7 cm³/mol. The summed E-state index contributed by atoms with van der Waals surface area (Å²) in [6.45, 7) is 2.97. The van der Waals surface area contributed by atoms with Crippen molar-refractivity contribution in [2.24, 2.45) is 0 Å². The van der Waals surface area contributed by atoms with E-state index in [-0.39, 0.29) is 11.9 Å². The van der Waals surface area contributed by atoms with E-state index in [2.05, 4.69) is 5.32 Å². The first-order valence-electron chi connectivity index (χ1n) is 7.01. The first-order valence-corrected chi connectivity index (χ1v) is 7.01. The molecular formula is C15H22FNO2. The van der Waals surface area contributed by atoms with Crippen LogP contribution in [0.25, 0.3) is 0 Å². The average molecular weight is 267 g/mol. The summed E-state index contributed by atoms with van der Waals surface area (Å²) >= 11 is 0. The van der Waals surface area contributed by atoms with Gasteiger partial charge in [-0.25, -0.2) is 4.39 Å². The number of rotatable bonds is 5. The SMILES string of the molecule is CCOc1ccc(CNC2CCC(O)CC2)cc1F. The van der Waals surface area contributed by atoms with Gasteiger partial charge in [0.15, 0.2) is 11.6 Å². The highest BCUT2D eigenvalue weighted by Gasteiger charge is 2.18. The molecule has 0 radical (unpaired) electrons. The molecule has 0 aliphatic heterocycles. The first kappa shape index (κ1) is 14.3. The van der Waals surface area contributed by atoms with Crippen molar-refractivity contribution < 1.29 is 14.2 Å². The van der Waals surface area contributed by atoms with Crippen molar-refractivity contribution >= 4 is 0 Å². The molecule has 0 spiro atoms. The van der Waals surface area contributed by atoms with Crippen molar-refractivity contribution in [2.75, 3.05) is 6.61 Å². The Bertz CT molecular complexity index is 403. The van der Waals surface area contributed by atoms with Gasteiger partial charge >= 0.3 is 0 Å². The highest BCUT2D eigenvalue weighted by molar-refractivity contribution is 5.29. The molecule has 2 N–H and O–H groups in total. The number of benzene rings is 1. The number of hydrogen-bond donors (Lipinski definition) is 2. The molecule has 0 saturated heterocycles. The Morgan fingerprint density at radius 1 is 1.32 bits per heavy atom. The summed E-state index contributed by atoms with van der Waals surface area (Å²) in [4.78, 5) is 0. The van der Waals surface area contributed by atoms with Crippen LogP contribution >= 0.6 is 0 Å². The van der Waals surface area contributed by atoms with Gasteiger partial charge in [-0.1, -0.05) is 6.07 Å². The van der Waals surface area contributed by atoms with Crippen LogP contribution in [0.15, 0.2) is 18.2 Å². The highest BCUT2D eigenvalue weighted by atomic mass is 19.1. The molecule has 19 heavy (non-hydrogen) atoms. The fraction of sp³-hybridized carbons (Fsp3) is 0.600. The van der Waals surface area contributed by atoms with Gasteiger partial charge in [0.25, 0.3) is 0 Å². The van der Waals surface area contributed by atoms with E-state index < -0.39 is 0 Å². The molecule has 1 fully saturated rings. The molecule has 0 aromatic heterocycles. The van der Waals surface area contributed by atoms with E-state index in [9.17, 15) is 9.50 Å². The summed E-state index contributed by atoms with van der Waals surface area (Å²) in [5.41, 5.74) is 0.923. The van der Waals surface area contributed by atoms with Crippen LogP contribution in [0.1, 0.15) is 38.2 Å². The third kappa shape index (κ3) is 4.18. The summed E-state index contributed by atoms with van der Waals surface area (Å²) in [5, 5.41) is 12.9. The van der Waals surface area contributed by atoms with Crippen LogP contribution < -0.4 is 10.1 Å². The normalized spacial score (nSPS) is 23.3. The summed E-state index contributed by atoms with van der Waals surface area (Å²) in [6, 6.07) is 5.52. The van der Waals surface area contributed by atoms with Crippen LogP contribution in [-0.2, 0) is 6.54 Å². The Kier molecular flexibility index (Phi) is 5.16. The number of hydrogen-bond acceptors (Lipinski definition) is 3. The molecule has 1 aromatic carbocycles. The van der Waals surface area contributed by atoms with E-state index in [1.165, 1.54) is 6.07 Å². The van der Waals surface area contributed by atoms with Gasteiger partial charge in [-0.2, -0.15) is 0 Å². The minimum atomic E-state index is -0.305. The van der Waals surface area contributed by atoms with Crippen LogP contribution in [-0.4, -0.2) is 23.9 Å². The minimum Gasteiger partial charge on any atom is -0.491 e. The number of aliphatic hydroxyl groups excluding tert-OH is 1. The molecule has 0 amide bonds. The zero-order chi connectivity index (χ0) is 13.7. The lowest BCUT2D eigenvalue weighted by molar-refractivity contribution is 0.116. The van der Waals surface area contributed by atoms with Gasteiger partial charge < -0.3 is 15.2 Å². The molecule has 0 heterocycles. The molecule has 3 nitrogen and oxygen atoms in total. The lowest BCUT2D eigenvalue weighted by atomic mass is 9.93. The van der Waals surface area contributed by atoms with Gasteiger partial charge in [-0.3, -0.25) is 0 Å². The van der Waals surface area contributed by atoms with E-state index in [0.29, 0.717) is 24.9 Å². The van der Waals surface area contributed by atoms with Crippen LogP contribution in [0.4, 0.5) is 4.39 Å². The van der Waals surface area contributed by atoms with Gasteiger partial charge in [0.2, 0.25) is 0 Å². The largest absolute Gasteiger partial charge is 0.491 e. The van der Waals surface area contributed by atoms with Crippen molar-refractivity contribution in [2.45, 2.75) is 51.3 Å². The number of ether oxygens (including phenoxy) is 1. The van der Waals surface area contributed by atoms with E-state index >= 15 is 0 Å². The van der Waals surface area contributed by atoms with E-state index in [4.69, 9.17) is 4.74 Å². The molecule has 0 bridgehead atoms. The van der Waals surface area contributed by atoms with E-state index in [1.54, 1.807) is 6.07 Å². The van der Waals surface area contributed by atoms with Crippen LogP contribution in [0, 0.1) is 5.82 Å². The third-order valence-corrected chi connectivity index (χ3v) is 3.59. The molecule has 2 rings (SSSR count). The molecule has 106 valence electrons. The van der Waals surface area contributed by atoms with Crippen molar-refractivity contribution in [3.63, 3.8) is 0 Å². The third-order valence-electron chi connectivity index (χ3n) is 3.59. The Morgan fingerprint density at radius 3 is 2.68 bits per heavy atom. The molecular weight excluding hydrogens is 245 g/mol. The zero-order valence-electron chi connectivity index (χ0n) is 11.4. The molecule has 0 unspecified atom stereocenters. The van der Waals surface area contributed by atoms with Crippen LogP contribution in [0.3, 0.4) is 0 Å². The zero-order valence-corrected chi connectivity index (χ0v) is 11.4. The van der Waals surface area contributed by atoms with Crippen molar-refractivity contribution in [1.29, 1.82) is 0 Å². The topological polar surface area (TPSA) is 41.5 Å². The van der Waals surface area contributed by atoms with E-state index in [0.717, 1.165) is 31.2 Å². The number of aliphatic hydroxyl groups is 1. The second-order valence-corrected chi connectivity index (χ2v) is 5.08. The monoisotopic (exact) mass is 267 g/mol. The average Bonchev–Trinajstić information content (AvgIpc) is 2.41. The lowest BCUT2D eigenvalue weighted by Crippen LogP contribution is -2.34. The van der Waals surface area contributed by atoms with Gasteiger partial charge in [-0.05, 0) is 50.3 Å². The summed E-state index contributed by atoms with van der Waals surface area (Å²) in [6.07, 6.45) is 3.55. The second-order valence-electron chi connectivity index (χ2n) is 5.08. The molecule has 1 aromatic rings. The quantitative estimate of drug-likeness (QED) is 0.861. The van der Waals surface area contributed by atoms with E-state index in [1.807, 2.05) is 13.0 Å². The van der Waals surface area contributed by atoms with Crippen LogP contribution in [0.2, 0.25) is 0 Å². The Hall–Kier alpha value is -1.13. The standard InChI is InChI=1S/C15H22FNO2/c1-2-19-15-8-3-11(9-14(15)16)10-17-12-4-6-13(18)7-5-12/h3,8-9,12-13,17-18H,2,4-7,10H2,1H3. The van der Waals surface area contributed by atoms with Gasteiger partial charge in [0, 0.05) is 12.6 Å². The van der Waals surface area contributed by atoms with Gasteiger partial charge in [0.05, 0.1) is 12.7 Å². The lowest BCUT2D eigenvalue weighted by Gasteiger charge is -2.26. The summed E-state index contributed by atoms with van der Waals surface area (Å²) in [5.74, 6) is 0.00672. The fourth-order valence-electron chi connectivity index (χ4n) is 2.47. The molecule has 4 heteroatoms. The highest BCUT2D eigenvalue weighted by Crippen LogP contribution is 2.20. The smallest absolute Gasteiger partial charge is 0.165 e. The van der Waals surface area contributed by atoms with Crippen molar-refractivity contribution in [3.05, 3.63) is 29.6 Å². The molecule has 1 aliphatic carbocycles. The van der Waals surface area contributed by atoms with Crippen molar-refractivity contribution in [3.8, 4) is 5.75 Å². The maximum Gasteiger partial charge on any atom is 0.165 e. The molecule has 1 aliphatic rings. The maximum absolute atomic E-state index is 13.7. The number of halogens is 1. The summed E-state index contributed by atoms with van der Waals surface area (Å²) < 4.78 is 18.8. The fourth-order valence-corrected chi connectivity index (χ4v) is 2.47. The molecule has 1 saturated carbocycles. The predicted octanol–water partition coefficient (Wildman–Crippen LogP) is 2.62. The Balaban J connectivity index is 1.84. The van der Waals surface area contributed by atoms with Gasteiger partial charge in [-0.15, -0.1) is 0 Å². The number of nitrogens with one attached hydrogen (secondary N) is 1. The molecule has 0 atom stereocenters. The van der Waals surface area contributed by atoms with Crippen LogP contribution in [0.5, 0.6) is 5.75 Å². The second kappa shape index (κ2) is 6.87. The summed E-state index contributed by atoms with van der Waals surface area (Å²) in [7, 11) is 0.